The Morgan fingerprint density at radius 1 is 0.942 bits per heavy atom. The van der Waals surface area contributed by atoms with Gasteiger partial charge in [0, 0.05) is 56.6 Å². The van der Waals surface area contributed by atoms with Gasteiger partial charge in [0.2, 0.25) is 5.91 Å². The Balaban J connectivity index is 0.919. The van der Waals surface area contributed by atoms with Gasteiger partial charge < -0.3 is 20.9 Å². The number of amides is 2. The van der Waals surface area contributed by atoms with Gasteiger partial charge in [-0.15, -0.1) is 0 Å². The average molecular weight is 743 g/mol. The number of hydrogen-bond acceptors (Lipinski definition) is 11. The van der Waals surface area contributed by atoms with Gasteiger partial charge >= 0.3 is 5.69 Å². The Hall–Kier alpha value is -5.38. The van der Waals surface area contributed by atoms with Gasteiger partial charge in [-0.3, -0.25) is 28.8 Å². The number of hydrogen-bond donors (Lipinski definition) is 4. The molecule has 1 fully saturated rings. The topological polar surface area (TPSA) is 170 Å². The zero-order chi connectivity index (χ0) is 36.6. The number of aromatic amines is 1. The first-order chi connectivity index (χ1) is 25.1. The molecule has 1 aliphatic rings. The molecule has 270 valence electrons. The summed E-state index contributed by atoms with van der Waals surface area (Å²) in [5, 5.41) is 10.0. The normalized spacial score (nSPS) is 13.2. The second-order valence-corrected chi connectivity index (χ2v) is 13.9. The Morgan fingerprint density at radius 2 is 1.75 bits per heavy atom. The summed E-state index contributed by atoms with van der Waals surface area (Å²) in [4.78, 5) is 69.9. The van der Waals surface area contributed by atoms with E-state index in [1.165, 1.54) is 34.4 Å². The molecule has 6 rings (SSSR count). The zero-order valence-electron chi connectivity index (χ0n) is 28.8. The number of anilines is 5. The van der Waals surface area contributed by atoms with E-state index < -0.39 is 11.2 Å². The number of carbonyl (C=O) groups is 2. The van der Waals surface area contributed by atoms with Crippen molar-refractivity contribution >= 4 is 62.9 Å². The molecular weight excluding hydrogens is 704 g/mol. The van der Waals surface area contributed by atoms with E-state index in [1.807, 2.05) is 32.0 Å². The van der Waals surface area contributed by atoms with E-state index in [2.05, 4.69) is 45.7 Å². The lowest BCUT2D eigenvalue weighted by atomic mass is 10.1. The van der Waals surface area contributed by atoms with Gasteiger partial charge in [-0.05, 0) is 63.1 Å². The average Bonchev–Trinajstić information content (AvgIpc) is 3.58. The number of halogens is 1. The molecule has 1 saturated heterocycles. The van der Waals surface area contributed by atoms with E-state index >= 15 is 0 Å². The standard InChI is InChI=1S/C36H39ClN10O4S/c1-23-8-6-11-27(37)33(23)44-34(50)28-22-38-35(52-28)42-29-21-30(40-24(2)39-29)46-18-16-45(17-19-46)14-5-3-4-12-31(48)41-25-9-7-10-26(20-25)47-15-13-32(49)43-36(47)51/h6-11,13,15,20-22H,3-5,12,14,16-19H2,1-2H3,(H,41,48)(H,44,50)(H,43,49,51)(H,38,39,40,42). The van der Waals surface area contributed by atoms with Crippen molar-refractivity contribution in [3.8, 4) is 5.69 Å². The number of rotatable bonds is 13. The molecule has 1 aliphatic heterocycles. The molecule has 0 atom stereocenters. The highest BCUT2D eigenvalue weighted by molar-refractivity contribution is 7.17. The van der Waals surface area contributed by atoms with E-state index in [1.54, 1.807) is 30.3 Å². The summed E-state index contributed by atoms with van der Waals surface area (Å²) in [6, 6.07) is 15.6. The van der Waals surface area contributed by atoms with Crippen molar-refractivity contribution < 1.29 is 9.59 Å². The minimum absolute atomic E-state index is 0.0853. The predicted octanol–water partition coefficient (Wildman–Crippen LogP) is 5.36. The minimum Gasteiger partial charge on any atom is -0.354 e. The molecule has 14 nitrogen and oxygen atoms in total. The third kappa shape index (κ3) is 9.48. The van der Waals surface area contributed by atoms with Gasteiger partial charge in [0.05, 0.1) is 22.6 Å². The molecule has 0 radical (unpaired) electrons. The number of unbranched alkanes of at least 4 members (excludes halogenated alkanes) is 2. The monoisotopic (exact) mass is 742 g/mol. The lowest BCUT2D eigenvalue weighted by molar-refractivity contribution is -0.116. The van der Waals surface area contributed by atoms with Crippen molar-refractivity contribution in [1.82, 2.24) is 29.4 Å². The summed E-state index contributed by atoms with van der Waals surface area (Å²) in [6.45, 7) is 8.14. The van der Waals surface area contributed by atoms with Gasteiger partial charge in [0.15, 0.2) is 5.13 Å². The summed E-state index contributed by atoms with van der Waals surface area (Å²) in [5.74, 6) is 1.70. The number of para-hydroxylation sites is 1. The fourth-order valence-corrected chi connectivity index (χ4v) is 6.85. The first-order valence-corrected chi connectivity index (χ1v) is 18.2. The first kappa shape index (κ1) is 36.4. The zero-order valence-corrected chi connectivity index (χ0v) is 30.4. The molecule has 0 aliphatic carbocycles. The molecule has 16 heteroatoms. The highest BCUT2D eigenvalue weighted by Gasteiger charge is 2.20. The summed E-state index contributed by atoms with van der Waals surface area (Å²) >= 11 is 7.51. The fraction of sp³-hybridized carbons (Fsp3) is 0.306. The van der Waals surface area contributed by atoms with Crippen LogP contribution in [-0.4, -0.2) is 73.9 Å². The van der Waals surface area contributed by atoms with Gasteiger partial charge in [0.1, 0.15) is 22.3 Å². The van der Waals surface area contributed by atoms with Crippen molar-refractivity contribution in [3.05, 3.63) is 109 Å². The number of benzene rings is 2. The largest absolute Gasteiger partial charge is 0.354 e. The van der Waals surface area contributed by atoms with E-state index in [0.717, 1.165) is 63.4 Å². The van der Waals surface area contributed by atoms with E-state index in [9.17, 15) is 19.2 Å². The van der Waals surface area contributed by atoms with Gasteiger partial charge in [0.25, 0.3) is 11.5 Å². The fourth-order valence-electron chi connectivity index (χ4n) is 5.87. The van der Waals surface area contributed by atoms with Crippen molar-refractivity contribution in [2.45, 2.75) is 39.5 Å². The van der Waals surface area contributed by atoms with Gasteiger partial charge in [-0.25, -0.2) is 19.7 Å². The molecular formula is C36H39ClN10O4S. The number of carbonyl (C=O) groups excluding carboxylic acids is 2. The number of H-pyrrole nitrogens is 1. The lowest BCUT2D eigenvalue weighted by Crippen LogP contribution is -2.47. The van der Waals surface area contributed by atoms with E-state index in [0.29, 0.717) is 50.2 Å². The molecule has 2 aromatic carbocycles. The predicted molar refractivity (Wildman–Crippen MR) is 205 cm³/mol. The maximum absolute atomic E-state index is 12.9. The summed E-state index contributed by atoms with van der Waals surface area (Å²) in [7, 11) is 0. The Morgan fingerprint density at radius 3 is 2.54 bits per heavy atom. The van der Waals surface area contributed by atoms with Crippen molar-refractivity contribution in [2.24, 2.45) is 0 Å². The second-order valence-electron chi connectivity index (χ2n) is 12.4. The molecule has 5 aromatic rings. The maximum atomic E-state index is 12.9. The smallest absolute Gasteiger partial charge is 0.332 e. The number of aromatic nitrogens is 5. The lowest BCUT2D eigenvalue weighted by Gasteiger charge is -2.35. The number of nitrogens with zero attached hydrogens (tertiary/aromatic N) is 6. The molecule has 2 amide bonds. The molecule has 3 aromatic heterocycles. The van der Waals surface area contributed by atoms with E-state index in [-0.39, 0.29) is 11.8 Å². The third-order valence-electron chi connectivity index (χ3n) is 8.56. The Labute approximate surface area is 308 Å². The quantitative estimate of drug-likeness (QED) is 0.115. The SMILES string of the molecule is Cc1nc(Nc2ncc(C(=O)Nc3c(C)cccc3Cl)s2)cc(N2CCN(CCCCCC(=O)Nc3cccc(-n4ccc(=O)[nH]c4=O)c3)CC2)n1. The van der Waals surface area contributed by atoms with Crippen LogP contribution in [-0.2, 0) is 4.79 Å². The summed E-state index contributed by atoms with van der Waals surface area (Å²) in [5.41, 5.74) is 1.58. The number of thiazole rings is 1. The molecule has 0 unspecified atom stereocenters. The van der Waals surface area contributed by atoms with Gasteiger partial charge in [-0.2, -0.15) is 0 Å². The summed E-state index contributed by atoms with van der Waals surface area (Å²) in [6.07, 6.45) is 6.03. The second kappa shape index (κ2) is 16.8. The van der Waals surface area contributed by atoms with Crippen LogP contribution in [0.2, 0.25) is 5.02 Å². The molecule has 4 N–H and O–H groups in total. The highest BCUT2D eigenvalue weighted by atomic mass is 35.5. The molecule has 4 heterocycles. The van der Waals surface area contributed by atoms with Crippen LogP contribution in [0.1, 0.15) is 46.7 Å². The number of piperazine rings is 1. The van der Waals surface area contributed by atoms with Crippen molar-refractivity contribution in [1.29, 1.82) is 0 Å². The van der Waals surface area contributed by atoms with Crippen LogP contribution >= 0.6 is 22.9 Å². The third-order valence-corrected chi connectivity index (χ3v) is 9.78. The van der Waals surface area contributed by atoms with Gasteiger partial charge in [-0.1, -0.05) is 47.6 Å². The van der Waals surface area contributed by atoms with Crippen molar-refractivity contribution in [2.75, 3.05) is 53.6 Å². The molecule has 52 heavy (non-hydrogen) atoms. The summed E-state index contributed by atoms with van der Waals surface area (Å²) < 4.78 is 1.31. The highest BCUT2D eigenvalue weighted by Crippen LogP contribution is 2.28. The van der Waals surface area contributed by atoms with Crippen LogP contribution in [0.15, 0.2) is 76.6 Å². The van der Waals surface area contributed by atoms with Crippen LogP contribution < -0.4 is 32.1 Å². The number of aryl methyl sites for hydroxylation is 2. The number of nitrogens with one attached hydrogen (secondary N) is 4. The first-order valence-electron chi connectivity index (χ1n) is 17.0. The van der Waals surface area contributed by atoms with Crippen LogP contribution in [0.3, 0.4) is 0 Å². The minimum atomic E-state index is -0.541. The Kier molecular flexibility index (Phi) is 11.7. The van der Waals surface area contributed by atoms with E-state index in [4.69, 9.17) is 11.6 Å². The van der Waals surface area contributed by atoms with Crippen LogP contribution in [0, 0.1) is 13.8 Å². The van der Waals surface area contributed by atoms with Crippen molar-refractivity contribution in [3.63, 3.8) is 0 Å². The Bertz CT molecular complexity index is 2160. The van der Waals surface area contributed by atoms with Crippen LogP contribution in [0.5, 0.6) is 0 Å². The molecule has 0 saturated carbocycles. The molecule has 0 bridgehead atoms. The maximum Gasteiger partial charge on any atom is 0.332 e. The van der Waals surface area contributed by atoms with Crippen LogP contribution in [0.25, 0.3) is 5.69 Å². The molecule has 0 spiro atoms. The van der Waals surface area contributed by atoms with Crippen LogP contribution in [0.4, 0.5) is 28.1 Å².